The molecule has 0 radical (unpaired) electrons. The third-order valence-electron chi connectivity index (χ3n) is 4.66. The minimum atomic E-state index is -0.530. The molecule has 0 fully saturated rings. The summed E-state index contributed by atoms with van der Waals surface area (Å²) in [5.74, 6) is 0.298. The lowest BCUT2D eigenvalue weighted by atomic mass is 10.1. The van der Waals surface area contributed by atoms with Crippen molar-refractivity contribution in [3.8, 4) is 11.5 Å². The summed E-state index contributed by atoms with van der Waals surface area (Å²) in [6.45, 7) is 4.00. The summed E-state index contributed by atoms with van der Waals surface area (Å²) < 4.78 is 5.88. The molecule has 4 rings (SSSR count). The largest absolute Gasteiger partial charge is 0.411 e. The van der Waals surface area contributed by atoms with Gasteiger partial charge in [-0.15, -0.1) is 10.2 Å². The van der Waals surface area contributed by atoms with Crippen LogP contribution in [-0.2, 0) is 4.79 Å². The highest BCUT2D eigenvalue weighted by atomic mass is 32.2. The minimum absolute atomic E-state index is 0.148. The van der Waals surface area contributed by atoms with Crippen LogP contribution in [0.25, 0.3) is 11.5 Å². The number of nitrogens with one attached hydrogen (secondary N) is 1. The number of aryl methyl sites for hydroxylation is 2. The van der Waals surface area contributed by atoms with Crippen LogP contribution >= 0.6 is 11.8 Å². The number of benzene rings is 3. The molecule has 0 aliphatic rings. The fraction of sp³-hybridized carbons (Fsp3) is 0.125. The van der Waals surface area contributed by atoms with Crippen molar-refractivity contribution in [1.82, 2.24) is 10.2 Å². The zero-order chi connectivity index (χ0) is 20.9. The molecule has 1 N–H and O–H groups in total. The molecule has 3 aromatic carbocycles. The van der Waals surface area contributed by atoms with Gasteiger partial charge < -0.3 is 9.73 Å². The minimum Gasteiger partial charge on any atom is -0.411 e. The van der Waals surface area contributed by atoms with Crippen molar-refractivity contribution in [3.05, 3.63) is 95.6 Å². The maximum atomic E-state index is 13.1. The number of amides is 1. The van der Waals surface area contributed by atoms with E-state index in [1.807, 2.05) is 92.7 Å². The van der Waals surface area contributed by atoms with Gasteiger partial charge >= 0.3 is 0 Å². The van der Waals surface area contributed by atoms with Crippen LogP contribution in [0.3, 0.4) is 0 Å². The molecule has 1 unspecified atom stereocenters. The zero-order valence-corrected chi connectivity index (χ0v) is 17.5. The van der Waals surface area contributed by atoms with E-state index in [0.717, 1.165) is 27.9 Å². The molecular weight excluding hydrogens is 394 g/mol. The SMILES string of the molecule is Cc1ccc(NC(=O)C(Sc2nnc(-c3ccccc3C)o2)c2ccccc2)cc1. The quantitative estimate of drug-likeness (QED) is 0.402. The summed E-state index contributed by atoms with van der Waals surface area (Å²) >= 11 is 1.24. The zero-order valence-electron chi connectivity index (χ0n) is 16.7. The van der Waals surface area contributed by atoms with E-state index in [1.54, 1.807) is 0 Å². The molecular formula is C24H21N3O2S. The van der Waals surface area contributed by atoms with E-state index in [4.69, 9.17) is 4.42 Å². The van der Waals surface area contributed by atoms with Crippen LogP contribution in [0.2, 0.25) is 0 Å². The molecule has 0 spiro atoms. The highest BCUT2D eigenvalue weighted by Gasteiger charge is 2.25. The predicted molar refractivity (Wildman–Crippen MR) is 119 cm³/mol. The highest BCUT2D eigenvalue weighted by molar-refractivity contribution is 8.00. The van der Waals surface area contributed by atoms with E-state index in [2.05, 4.69) is 15.5 Å². The topological polar surface area (TPSA) is 68.0 Å². The van der Waals surface area contributed by atoms with Crippen molar-refractivity contribution in [2.75, 3.05) is 5.32 Å². The molecule has 0 aliphatic carbocycles. The van der Waals surface area contributed by atoms with E-state index >= 15 is 0 Å². The fourth-order valence-electron chi connectivity index (χ4n) is 3.03. The number of carbonyl (C=O) groups is 1. The molecule has 1 amide bonds. The number of rotatable bonds is 6. The van der Waals surface area contributed by atoms with Gasteiger partial charge in [0.1, 0.15) is 5.25 Å². The summed E-state index contributed by atoms with van der Waals surface area (Å²) in [5.41, 5.74) is 4.68. The van der Waals surface area contributed by atoms with Crippen molar-refractivity contribution in [3.63, 3.8) is 0 Å². The Labute approximate surface area is 179 Å². The summed E-state index contributed by atoms with van der Waals surface area (Å²) in [6.07, 6.45) is 0. The van der Waals surface area contributed by atoms with Gasteiger partial charge in [0.25, 0.3) is 5.22 Å². The van der Waals surface area contributed by atoms with E-state index in [1.165, 1.54) is 11.8 Å². The molecule has 5 nitrogen and oxygen atoms in total. The van der Waals surface area contributed by atoms with Crippen LogP contribution in [0.15, 0.2) is 88.5 Å². The number of hydrogen-bond acceptors (Lipinski definition) is 5. The van der Waals surface area contributed by atoms with Crippen LogP contribution in [-0.4, -0.2) is 16.1 Å². The van der Waals surface area contributed by atoms with Gasteiger partial charge in [-0.3, -0.25) is 4.79 Å². The van der Waals surface area contributed by atoms with Crippen LogP contribution in [0.5, 0.6) is 0 Å². The van der Waals surface area contributed by atoms with Gasteiger partial charge in [-0.2, -0.15) is 0 Å². The van der Waals surface area contributed by atoms with E-state index < -0.39 is 5.25 Å². The Bertz CT molecular complexity index is 1140. The molecule has 1 aromatic heterocycles. The second-order valence-electron chi connectivity index (χ2n) is 6.95. The molecule has 1 atom stereocenters. The molecule has 0 aliphatic heterocycles. The molecule has 6 heteroatoms. The lowest BCUT2D eigenvalue weighted by molar-refractivity contribution is -0.115. The van der Waals surface area contributed by atoms with Gasteiger partial charge in [-0.05, 0) is 54.9 Å². The van der Waals surface area contributed by atoms with Crippen molar-refractivity contribution >= 4 is 23.4 Å². The molecule has 0 saturated carbocycles. The van der Waals surface area contributed by atoms with Crippen LogP contribution in [0.4, 0.5) is 5.69 Å². The predicted octanol–water partition coefficient (Wildman–Crippen LogP) is 5.83. The summed E-state index contributed by atoms with van der Waals surface area (Å²) in [7, 11) is 0. The Morgan fingerprint density at radius 2 is 1.60 bits per heavy atom. The van der Waals surface area contributed by atoms with Gasteiger partial charge in [0.2, 0.25) is 11.8 Å². The first kappa shape index (κ1) is 19.9. The first-order chi connectivity index (χ1) is 14.6. The van der Waals surface area contributed by atoms with E-state index in [9.17, 15) is 4.79 Å². The monoisotopic (exact) mass is 415 g/mol. The lowest BCUT2D eigenvalue weighted by Gasteiger charge is -2.15. The molecule has 1 heterocycles. The Hall–Kier alpha value is -3.38. The Morgan fingerprint density at radius 3 is 2.33 bits per heavy atom. The highest BCUT2D eigenvalue weighted by Crippen LogP contribution is 2.37. The van der Waals surface area contributed by atoms with Crippen LogP contribution in [0.1, 0.15) is 21.9 Å². The van der Waals surface area contributed by atoms with Gasteiger partial charge in [-0.25, -0.2) is 0 Å². The second kappa shape index (κ2) is 8.97. The molecule has 150 valence electrons. The van der Waals surface area contributed by atoms with Gasteiger partial charge in [0, 0.05) is 11.3 Å². The number of aromatic nitrogens is 2. The summed E-state index contributed by atoms with van der Waals surface area (Å²) in [5, 5.41) is 11.1. The number of thioether (sulfide) groups is 1. The fourth-order valence-corrected chi connectivity index (χ4v) is 3.90. The van der Waals surface area contributed by atoms with Crippen molar-refractivity contribution in [2.24, 2.45) is 0 Å². The Kier molecular flexibility index (Phi) is 5.95. The van der Waals surface area contributed by atoms with E-state index in [0.29, 0.717) is 11.1 Å². The summed E-state index contributed by atoms with van der Waals surface area (Å²) in [4.78, 5) is 13.1. The average Bonchev–Trinajstić information content (AvgIpc) is 3.23. The first-order valence-corrected chi connectivity index (χ1v) is 10.5. The molecule has 4 aromatic rings. The van der Waals surface area contributed by atoms with Crippen molar-refractivity contribution in [1.29, 1.82) is 0 Å². The number of carbonyl (C=O) groups excluding carboxylic acids is 1. The molecule has 30 heavy (non-hydrogen) atoms. The smallest absolute Gasteiger partial charge is 0.277 e. The standard InChI is InChI=1S/C24H21N3O2S/c1-16-12-14-19(15-13-16)25-22(28)21(18-9-4-3-5-10-18)30-24-27-26-23(29-24)20-11-7-6-8-17(20)2/h3-15,21H,1-2H3,(H,25,28). The first-order valence-electron chi connectivity index (χ1n) is 9.59. The Balaban J connectivity index is 1.59. The maximum absolute atomic E-state index is 13.1. The molecule has 0 bridgehead atoms. The number of anilines is 1. The van der Waals surface area contributed by atoms with E-state index in [-0.39, 0.29) is 5.91 Å². The van der Waals surface area contributed by atoms with Gasteiger partial charge in [0.15, 0.2) is 0 Å². The van der Waals surface area contributed by atoms with Crippen molar-refractivity contribution in [2.45, 2.75) is 24.3 Å². The van der Waals surface area contributed by atoms with Gasteiger partial charge in [0.05, 0.1) is 0 Å². The lowest BCUT2D eigenvalue weighted by Crippen LogP contribution is -2.19. The van der Waals surface area contributed by atoms with Crippen molar-refractivity contribution < 1.29 is 9.21 Å². The maximum Gasteiger partial charge on any atom is 0.277 e. The van der Waals surface area contributed by atoms with Crippen LogP contribution in [0, 0.1) is 13.8 Å². The second-order valence-corrected chi connectivity index (χ2v) is 8.01. The number of nitrogens with zero attached hydrogens (tertiary/aromatic N) is 2. The third-order valence-corrected chi connectivity index (χ3v) is 5.75. The molecule has 0 saturated heterocycles. The Morgan fingerprint density at radius 1 is 0.900 bits per heavy atom. The third kappa shape index (κ3) is 4.60. The summed E-state index contributed by atoms with van der Waals surface area (Å²) in [6, 6.07) is 25.1. The average molecular weight is 416 g/mol. The number of hydrogen-bond donors (Lipinski definition) is 1. The van der Waals surface area contributed by atoms with Gasteiger partial charge in [-0.1, -0.05) is 66.2 Å². The van der Waals surface area contributed by atoms with Crippen LogP contribution < -0.4 is 5.32 Å². The normalized spacial score (nSPS) is 11.8.